The summed E-state index contributed by atoms with van der Waals surface area (Å²) in [5.41, 5.74) is 0. The summed E-state index contributed by atoms with van der Waals surface area (Å²) in [7, 11) is 0. The third-order valence-electron chi connectivity index (χ3n) is 2.51. The normalized spacial score (nSPS) is 13.2. The summed E-state index contributed by atoms with van der Waals surface area (Å²) in [6.45, 7) is 8.82. The Morgan fingerprint density at radius 2 is 1.62 bits per heavy atom. The van der Waals surface area contributed by atoms with Gasteiger partial charge in [-0.15, -0.1) is 0 Å². The molecule has 0 spiro atoms. The van der Waals surface area contributed by atoms with Crippen LogP contribution in [0, 0.1) is 0 Å². The molecular weight excluding hydrogens is 160 g/mol. The van der Waals surface area contributed by atoms with Crippen LogP contribution in [0.15, 0.2) is 30.6 Å². The summed E-state index contributed by atoms with van der Waals surface area (Å²) in [6.07, 6.45) is 4.68. The molecule has 2 heteroatoms. The lowest BCUT2D eigenvalue weighted by molar-refractivity contribution is -0.740. The van der Waals surface area contributed by atoms with E-state index in [9.17, 15) is 0 Å². The van der Waals surface area contributed by atoms with Crippen LogP contribution in [0.4, 0.5) is 0 Å². The summed E-state index contributed by atoms with van der Waals surface area (Å²) >= 11 is 0. The third kappa shape index (κ3) is 2.52. The minimum absolute atomic E-state index is 0.455. The van der Waals surface area contributed by atoms with Gasteiger partial charge in [-0.25, -0.2) is 4.90 Å². The van der Waals surface area contributed by atoms with E-state index >= 15 is 0 Å². The Labute approximate surface area is 80.8 Å². The highest BCUT2D eigenvalue weighted by Gasteiger charge is 2.17. The van der Waals surface area contributed by atoms with E-state index in [0.717, 1.165) is 13.1 Å². The van der Waals surface area contributed by atoms with E-state index in [4.69, 9.17) is 0 Å². The van der Waals surface area contributed by atoms with Crippen molar-refractivity contribution in [1.82, 2.24) is 4.90 Å². The van der Waals surface area contributed by atoms with Gasteiger partial charge in [-0.2, -0.15) is 4.57 Å². The fourth-order valence-corrected chi connectivity index (χ4v) is 1.60. The number of hydrogen-bond acceptors (Lipinski definition) is 1. The van der Waals surface area contributed by atoms with Gasteiger partial charge in [0, 0.05) is 32.1 Å². The average molecular weight is 179 g/mol. The number of pyridine rings is 1. The molecule has 0 aromatic carbocycles. The monoisotopic (exact) mass is 179 g/mol. The van der Waals surface area contributed by atoms with Crippen LogP contribution in [0.1, 0.15) is 26.9 Å². The molecule has 1 aromatic rings. The number of nitrogens with zero attached hydrogens (tertiary/aromatic N) is 2. The summed E-state index contributed by atoms with van der Waals surface area (Å²) in [6, 6.07) is 6.19. The molecular formula is C11H19N2+. The fourth-order valence-electron chi connectivity index (χ4n) is 1.60. The van der Waals surface area contributed by atoms with Gasteiger partial charge in [0.05, 0.1) is 0 Å². The molecule has 1 atom stereocenters. The molecule has 0 aliphatic rings. The molecule has 0 N–H and O–H groups in total. The van der Waals surface area contributed by atoms with Crippen molar-refractivity contribution in [2.45, 2.75) is 26.9 Å². The Morgan fingerprint density at radius 1 is 1.08 bits per heavy atom. The molecule has 2 nitrogen and oxygen atoms in total. The van der Waals surface area contributed by atoms with Crippen LogP contribution in [-0.2, 0) is 0 Å². The highest BCUT2D eigenvalue weighted by atomic mass is 15.3. The summed E-state index contributed by atoms with van der Waals surface area (Å²) in [5, 5.41) is 0. The van der Waals surface area contributed by atoms with Crippen molar-refractivity contribution >= 4 is 0 Å². The topological polar surface area (TPSA) is 7.12 Å². The zero-order valence-corrected chi connectivity index (χ0v) is 8.77. The lowest BCUT2D eigenvalue weighted by atomic mass is 10.4. The second-order valence-corrected chi connectivity index (χ2v) is 3.18. The van der Waals surface area contributed by atoms with Gasteiger partial charge in [-0.1, -0.05) is 19.9 Å². The quantitative estimate of drug-likeness (QED) is 0.640. The minimum Gasteiger partial charge on any atom is -0.246 e. The van der Waals surface area contributed by atoms with Crippen molar-refractivity contribution in [1.29, 1.82) is 0 Å². The van der Waals surface area contributed by atoms with Crippen molar-refractivity contribution < 1.29 is 4.57 Å². The second kappa shape index (κ2) is 4.97. The molecule has 0 fully saturated rings. The first-order valence-electron chi connectivity index (χ1n) is 4.99. The van der Waals surface area contributed by atoms with Gasteiger partial charge in [0.15, 0.2) is 12.4 Å². The molecule has 1 rings (SSSR count). The highest BCUT2D eigenvalue weighted by molar-refractivity contribution is 4.83. The maximum Gasteiger partial charge on any atom is 0.211 e. The predicted octanol–water partition coefficient (Wildman–Crippen LogP) is 1.83. The highest BCUT2D eigenvalue weighted by Crippen LogP contribution is 2.02. The molecule has 0 amide bonds. The van der Waals surface area contributed by atoms with Gasteiger partial charge in [0.2, 0.25) is 6.17 Å². The smallest absolute Gasteiger partial charge is 0.211 e. The Kier molecular flexibility index (Phi) is 3.90. The van der Waals surface area contributed by atoms with Gasteiger partial charge >= 0.3 is 0 Å². The van der Waals surface area contributed by atoms with Crippen molar-refractivity contribution in [3.63, 3.8) is 0 Å². The first-order chi connectivity index (χ1) is 6.29. The van der Waals surface area contributed by atoms with Gasteiger partial charge in [-0.3, -0.25) is 0 Å². The summed E-state index contributed by atoms with van der Waals surface area (Å²) < 4.78 is 2.23. The molecule has 0 radical (unpaired) electrons. The van der Waals surface area contributed by atoms with Crippen molar-refractivity contribution in [2.24, 2.45) is 0 Å². The van der Waals surface area contributed by atoms with Crippen LogP contribution in [0.3, 0.4) is 0 Å². The first kappa shape index (κ1) is 10.2. The zero-order chi connectivity index (χ0) is 9.68. The van der Waals surface area contributed by atoms with Crippen LogP contribution < -0.4 is 4.57 Å². The molecule has 0 bridgehead atoms. The van der Waals surface area contributed by atoms with Crippen molar-refractivity contribution in [2.75, 3.05) is 13.1 Å². The van der Waals surface area contributed by atoms with E-state index in [1.807, 2.05) is 6.07 Å². The fraction of sp³-hybridized carbons (Fsp3) is 0.545. The molecule has 1 unspecified atom stereocenters. The molecule has 13 heavy (non-hydrogen) atoms. The van der Waals surface area contributed by atoms with Gasteiger partial charge in [0.25, 0.3) is 0 Å². The Morgan fingerprint density at radius 3 is 2.08 bits per heavy atom. The second-order valence-electron chi connectivity index (χ2n) is 3.18. The number of aromatic nitrogens is 1. The van der Waals surface area contributed by atoms with Crippen LogP contribution in [0.5, 0.6) is 0 Å². The molecule has 1 aromatic heterocycles. The average Bonchev–Trinajstić information content (AvgIpc) is 2.21. The van der Waals surface area contributed by atoms with Crippen molar-refractivity contribution in [3.8, 4) is 0 Å². The maximum atomic E-state index is 2.42. The van der Waals surface area contributed by atoms with Crippen molar-refractivity contribution in [3.05, 3.63) is 30.6 Å². The lowest BCUT2D eigenvalue weighted by Gasteiger charge is -2.21. The van der Waals surface area contributed by atoms with Crippen LogP contribution in [0.2, 0.25) is 0 Å². The SMILES string of the molecule is CCN(CC)C(C)[n+]1ccccc1. The summed E-state index contributed by atoms with van der Waals surface area (Å²) in [4.78, 5) is 2.42. The van der Waals surface area contributed by atoms with E-state index in [1.54, 1.807) is 0 Å². The van der Waals surface area contributed by atoms with Crippen LogP contribution in [-0.4, -0.2) is 18.0 Å². The predicted molar refractivity (Wildman–Crippen MR) is 54.3 cm³/mol. The molecule has 0 saturated heterocycles. The largest absolute Gasteiger partial charge is 0.246 e. The van der Waals surface area contributed by atoms with E-state index in [1.165, 1.54) is 0 Å². The van der Waals surface area contributed by atoms with E-state index in [0.29, 0.717) is 6.17 Å². The van der Waals surface area contributed by atoms with E-state index in [-0.39, 0.29) is 0 Å². The maximum absolute atomic E-state index is 2.42. The third-order valence-corrected chi connectivity index (χ3v) is 2.51. The summed E-state index contributed by atoms with van der Waals surface area (Å²) in [5.74, 6) is 0. The standard InChI is InChI=1S/C11H19N2/c1-4-12(5-2)11(3)13-9-7-6-8-10-13/h6-11H,4-5H2,1-3H3/q+1. The molecule has 1 heterocycles. The number of hydrogen-bond donors (Lipinski definition) is 0. The van der Waals surface area contributed by atoms with E-state index in [2.05, 4.69) is 54.8 Å². The molecule has 0 aliphatic carbocycles. The molecule has 72 valence electrons. The van der Waals surface area contributed by atoms with E-state index < -0.39 is 0 Å². The van der Waals surface area contributed by atoms with Gasteiger partial charge in [-0.05, 0) is 0 Å². The Hall–Kier alpha value is -0.890. The lowest BCUT2D eigenvalue weighted by Crippen LogP contribution is -2.47. The Bertz CT molecular complexity index is 229. The molecule has 0 aliphatic heterocycles. The minimum atomic E-state index is 0.455. The Balaban J connectivity index is 2.72. The first-order valence-corrected chi connectivity index (χ1v) is 4.99. The van der Waals surface area contributed by atoms with Crippen LogP contribution >= 0.6 is 0 Å². The zero-order valence-electron chi connectivity index (χ0n) is 8.77. The van der Waals surface area contributed by atoms with Gasteiger partial charge < -0.3 is 0 Å². The van der Waals surface area contributed by atoms with Crippen LogP contribution in [0.25, 0.3) is 0 Å². The number of rotatable bonds is 4. The van der Waals surface area contributed by atoms with Gasteiger partial charge in [0.1, 0.15) is 0 Å². The molecule has 0 saturated carbocycles.